The van der Waals surface area contributed by atoms with E-state index in [1.165, 1.54) is 12.1 Å². The first-order chi connectivity index (χ1) is 12.9. The van der Waals surface area contributed by atoms with E-state index in [0.29, 0.717) is 18.0 Å². The molecule has 1 saturated heterocycles. The zero-order valence-corrected chi connectivity index (χ0v) is 15.0. The topological polar surface area (TPSA) is 45.5 Å². The number of carbonyl (C=O) groups excluding carboxylic acids is 1. The van der Waals surface area contributed by atoms with Crippen LogP contribution in [0.5, 0.6) is 0 Å². The number of anilines is 1. The molecular formula is C20H23F3N2O2. The minimum atomic E-state index is -4.37. The second-order valence-corrected chi connectivity index (χ2v) is 7.04. The van der Waals surface area contributed by atoms with Crippen LogP contribution in [0.1, 0.15) is 36.8 Å². The molecule has 7 heteroatoms. The summed E-state index contributed by atoms with van der Waals surface area (Å²) in [5, 5.41) is 2.68. The second-order valence-electron chi connectivity index (χ2n) is 7.04. The molecule has 0 unspecified atom stereocenters. The van der Waals surface area contributed by atoms with Gasteiger partial charge in [-0.25, -0.2) is 0 Å². The lowest BCUT2D eigenvalue weighted by Crippen LogP contribution is -2.35. The van der Waals surface area contributed by atoms with Crippen LogP contribution < -0.4 is 5.32 Å². The van der Waals surface area contributed by atoms with E-state index in [4.69, 9.17) is 4.42 Å². The van der Waals surface area contributed by atoms with Crippen molar-refractivity contribution in [3.63, 3.8) is 0 Å². The van der Waals surface area contributed by atoms with Gasteiger partial charge in [0.15, 0.2) is 0 Å². The first-order valence-electron chi connectivity index (χ1n) is 9.11. The molecule has 1 N–H and O–H groups in total. The number of likely N-dealkylation sites (tertiary alicyclic amines) is 1. The highest BCUT2D eigenvalue weighted by atomic mass is 19.4. The summed E-state index contributed by atoms with van der Waals surface area (Å²) in [6, 6.07) is 6.48. The number of halogens is 3. The highest BCUT2D eigenvalue weighted by molar-refractivity contribution is 5.90. The maximum Gasteiger partial charge on any atom is 0.416 e. The molecular weight excluding hydrogens is 357 g/mol. The second kappa shape index (κ2) is 8.61. The molecule has 146 valence electrons. The van der Waals surface area contributed by atoms with Gasteiger partial charge in [0.2, 0.25) is 5.91 Å². The third-order valence-corrected chi connectivity index (χ3v) is 4.87. The van der Waals surface area contributed by atoms with Crippen molar-refractivity contribution in [1.82, 2.24) is 4.90 Å². The van der Waals surface area contributed by atoms with E-state index in [0.717, 1.165) is 56.6 Å². The van der Waals surface area contributed by atoms with Crippen molar-refractivity contribution < 1.29 is 22.4 Å². The molecule has 4 nitrogen and oxygen atoms in total. The molecule has 1 atom stereocenters. The maximum atomic E-state index is 12.6. The average molecular weight is 380 g/mol. The Balaban J connectivity index is 1.43. The highest BCUT2D eigenvalue weighted by Crippen LogP contribution is 2.30. The number of carbonyl (C=O) groups is 1. The molecule has 0 aliphatic carbocycles. The van der Waals surface area contributed by atoms with Gasteiger partial charge in [-0.15, -0.1) is 0 Å². The third-order valence-electron chi connectivity index (χ3n) is 4.87. The molecule has 0 bridgehead atoms. The van der Waals surface area contributed by atoms with Gasteiger partial charge in [-0.05, 0) is 62.1 Å². The van der Waals surface area contributed by atoms with Crippen LogP contribution >= 0.6 is 0 Å². The first kappa shape index (κ1) is 19.5. The number of amides is 1. The van der Waals surface area contributed by atoms with Crippen LogP contribution in [-0.2, 0) is 17.5 Å². The molecule has 0 radical (unpaired) electrons. The fourth-order valence-electron chi connectivity index (χ4n) is 3.47. The molecule has 1 aliphatic heterocycles. The largest absolute Gasteiger partial charge is 0.472 e. The molecule has 1 fully saturated rings. The van der Waals surface area contributed by atoms with Crippen LogP contribution in [0.4, 0.5) is 18.9 Å². The minimum absolute atomic E-state index is 0.165. The summed E-state index contributed by atoms with van der Waals surface area (Å²) in [7, 11) is 0. The van der Waals surface area contributed by atoms with Crippen molar-refractivity contribution in [1.29, 1.82) is 0 Å². The highest BCUT2D eigenvalue weighted by Gasteiger charge is 2.30. The minimum Gasteiger partial charge on any atom is -0.472 e. The van der Waals surface area contributed by atoms with E-state index in [1.807, 2.05) is 6.07 Å². The SMILES string of the molecule is O=C(CC[C@@H]1CCCN(Cc2ccoc2)C1)Nc1ccc(C(F)(F)F)cc1. The number of piperidine rings is 1. The Kier molecular flexibility index (Phi) is 6.21. The molecule has 27 heavy (non-hydrogen) atoms. The van der Waals surface area contributed by atoms with Gasteiger partial charge in [-0.1, -0.05) is 0 Å². The van der Waals surface area contributed by atoms with Gasteiger partial charge in [0.1, 0.15) is 0 Å². The summed E-state index contributed by atoms with van der Waals surface area (Å²) >= 11 is 0. The van der Waals surface area contributed by atoms with E-state index in [1.54, 1.807) is 12.5 Å². The molecule has 1 aromatic heterocycles. The van der Waals surface area contributed by atoms with Crippen molar-refractivity contribution >= 4 is 11.6 Å². The lowest BCUT2D eigenvalue weighted by Gasteiger charge is -2.32. The van der Waals surface area contributed by atoms with Gasteiger partial charge in [-0.3, -0.25) is 9.69 Å². The van der Waals surface area contributed by atoms with Crippen molar-refractivity contribution in [2.45, 2.75) is 38.4 Å². The summed E-state index contributed by atoms with van der Waals surface area (Å²) in [6.45, 7) is 2.84. The lowest BCUT2D eigenvalue weighted by molar-refractivity contribution is -0.137. The maximum absolute atomic E-state index is 12.6. The Morgan fingerprint density at radius 2 is 2.00 bits per heavy atom. The lowest BCUT2D eigenvalue weighted by atomic mass is 9.93. The average Bonchev–Trinajstić information content (AvgIpc) is 3.13. The zero-order chi connectivity index (χ0) is 19.3. The summed E-state index contributed by atoms with van der Waals surface area (Å²) in [5.41, 5.74) is 0.814. The van der Waals surface area contributed by atoms with E-state index in [9.17, 15) is 18.0 Å². The zero-order valence-electron chi connectivity index (χ0n) is 15.0. The van der Waals surface area contributed by atoms with E-state index < -0.39 is 11.7 Å². The Hall–Kier alpha value is -2.28. The van der Waals surface area contributed by atoms with Crippen LogP contribution in [0.25, 0.3) is 0 Å². The van der Waals surface area contributed by atoms with Gasteiger partial charge in [0.05, 0.1) is 18.1 Å². The van der Waals surface area contributed by atoms with Crippen molar-refractivity contribution in [3.8, 4) is 0 Å². The van der Waals surface area contributed by atoms with Gasteiger partial charge in [0.25, 0.3) is 0 Å². The van der Waals surface area contributed by atoms with E-state index >= 15 is 0 Å². The first-order valence-corrected chi connectivity index (χ1v) is 9.11. The van der Waals surface area contributed by atoms with Crippen LogP contribution in [0.15, 0.2) is 47.3 Å². The molecule has 2 aromatic rings. The molecule has 2 heterocycles. The summed E-state index contributed by atoms with van der Waals surface area (Å²) in [4.78, 5) is 14.5. The van der Waals surface area contributed by atoms with Crippen LogP contribution in [0.2, 0.25) is 0 Å². The Morgan fingerprint density at radius 1 is 1.22 bits per heavy atom. The van der Waals surface area contributed by atoms with Crippen LogP contribution in [-0.4, -0.2) is 23.9 Å². The quantitative estimate of drug-likeness (QED) is 0.773. The number of alkyl halides is 3. The normalized spacial score (nSPS) is 18.4. The molecule has 0 saturated carbocycles. The van der Waals surface area contributed by atoms with E-state index in [2.05, 4.69) is 10.2 Å². The van der Waals surface area contributed by atoms with Crippen molar-refractivity contribution in [2.75, 3.05) is 18.4 Å². The molecule has 3 rings (SSSR count). The number of nitrogens with one attached hydrogen (secondary N) is 1. The molecule has 1 aromatic carbocycles. The van der Waals surface area contributed by atoms with Crippen molar-refractivity contribution in [3.05, 3.63) is 54.0 Å². The smallest absolute Gasteiger partial charge is 0.416 e. The summed E-state index contributed by atoms with van der Waals surface area (Å²) < 4.78 is 42.8. The Morgan fingerprint density at radius 3 is 2.67 bits per heavy atom. The predicted molar refractivity (Wildman–Crippen MR) is 96.0 cm³/mol. The van der Waals surface area contributed by atoms with Crippen LogP contribution in [0, 0.1) is 5.92 Å². The molecule has 0 spiro atoms. The van der Waals surface area contributed by atoms with E-state index in [-0.39, 0.29) is 5.91 Å². The van der Waals surface area contributed by atoms with Crippen molar-refractivity contribution in [2.24, 2.45) is 5.92 Å². The number of hydrogen-bond donors (Lipinski definition) is 1. The molecule has 1 amide bonds. The number of hydrogen-bond acceptors (Lipinski definition) is 3. The standard InChI is InChI=1S/C20H23F3N2O2/c21-20(22,23)17-4-6-18(7-5-17)24-19(26)8-3-15-2-1-10-25(12-15)13-16-9-11-27-14-16/h4-7,9,11,14-15H,1-3,8,10,12-13H2,(H,24,26)/t15-/m0/s1. The fraction of sp³-hybridized carbons (Fsp3) is 0.450. The number of furan rings is 1. The summed E-state index contributed by atoms with van der Waals surface area (Å²) in [5.74, 6) is 0.283. The summed E-state index contributed by atoms with van der Waals surface area (Å²) in [6.07, 6.45) is 2.38. The number of nitrogens with zero attached hydrogens (tertiary/aromatic N) is 1. The van der Waals surface area contributed by atoms with Crippen LogP contribution in [0.3, 0.4) is 0 Å². The Bertz CT molecular complexity index is 727. The number of rotatable bonds is 6. The van der Waals surface area contributed by atoms with Gasteiger partial charge < -0.3 is 9.73 Å². The monoisotopic (exact) mass is 380 g/mol. The predicted octanol–water partition coefficient (Wildman–Crippen LogP) is 4.93. The third kappa shape index (κ3) is 5.85. The van der Waals surface area contributed by atoms with Gasteiger partial charge >= 0.3 is 6.18 Å². The van der Waals surface area contributed by atoms with Gasteiger partial charge in [-0.2, -0.15) is 13.2 Å². The van der Waals surface area contributed by atoms with Gasteiger partial charge in [0, 0.05) is 30.8 Å². The fourth-order valence-corrected chi connectivity index (χ4v) is 3.47. The number of benzene rings is 1. The molecule has 1 aliphatic rings. The Labute approximate surface area is 156 Å².